The maximum Gasteiger partial charge on any atom is 0.415 e. The molecule has 3 amide bonds. The first-order valence-electron chi connectivity index (χ1n) is 9.54. The third-order valence-electron chi connectivity index (χ3n) is 4.19. The third-order valence-corrected chi connectivity index (χ3v) is 4.19. The van der Waals surface area contributed by atoms with Gasteiger partial charge in [-0.25, -0.2) is 14.5 Å². The van der Waals surface area contributed by atoms with Gasteiger partial charge in [0.1, 0.15) is 0 Å². The van der Waals surface area contributed by atoms with Crippen molar-refractivity contribution in [1.29, 1.82) is 0 Å². The van der Waals surface area contributed by atoms with Gasteiger partial charge in [0.2, 0.25) is 0 Å². The molecule has 1 rings (SSSR count). The van der Waals surface area contributed by atoms with Crippen molar-refractivity contribution in [3.8, 4) is 11.5 Å². The number of nitrogens with zero attached hydrogens (tertiary/aromatic N) is 2. The fourth-order valence-corrected chi connectivity index (χ4v) is 2.70. The minimum absolute atomic E-state index is 0.0677. The molecule has 0 aliphatic rings. The van der Waals surface area contributed by atoms with E-state index in [2.05, 4.69) is 0 Å². The monoisotopic (exact) mass is 380 g/mol. The molecule has 27 heavy (non-hydrogen) atoms. The number of carbonyl (C=O) groups excluding carboxylic acids is 1. The maximum absolute atomic E-state index is 12.7. The number of phenolic OH excluding ortho intramolecular Hbond substituents is 1. The van der Waals surface area contributed by atoms with Gasteiger partial charge in [0, 0.05) is 19.6 Å². The zero-order valence-corrected chi connectivity index (χ0v) is 16.8. The number of hydrogen-bond acceptors (Lipinski definition) is 4. The molecule has 0 aliphatic heterocycles. The number of urea groups is 1. The minimum atomic E-state index is -1.23. The number of carbonyl (C=O) groups is 2. The van der Waals surface area contributed by atoms with Crippen molar-refractivity contribution in [3.63, 3.8) is 0 Å². The number of para-hydroxylation sites is 1. The van der Waals surface area contributed by atoms with E-state index in [4.69, 9.17) is 4.74 Å². The summed E-state index contributed by atoms with van der Waals surface area (Å²) in [4.78, 5) is 26.7. The highest BCUT2D eigenvalue weighted by atomic mass is 16.5. The number of aromatic hydroxyl groups is 1. The maximum atomic E-state index is 12.7. The van der Waals surface area contributed by atoms with Crippen LogP contribution >= 0.6 is 0 Å². The van der Waals surface area contributed by atoms with Crippen molar-refractivity contribution in [2.75, 3.05) is 26.2 Å². The van der Waals surface area contributed by atoms with E-state index < -0.39 is 12.1 Å². The Hall–Kier alpha value is -2.44. The lowest BCUT2D eigenvalue weighted by Crippen LogP contribution is -2.47. The first kappa shape index (κ1) is 22.6. The summed E-state index contributed by atoms with van der Waals surface area (Å²) in [5, 5.41) is 19.7. The number of amides is 3. The average Bonchev–Trinajstić information content (AvgIpc) is 2.60. The van der Waals surface area contributed by atoms with E-state index in [0.29, 0.717) is 56.2 Å². The summed E-state index contributed by atoms with van der Waals surface area (Å²) in [7, 11) is 0. The number of ether oxygens (including phenoxy) is 1. The molecule has 0 bridgehead atoms. The number of benzene rings is 1. The number of carboxylic acid groups (broad SMARTS) is 1. The molecule has 7 nitrogen and oxygen atoms in total. The number of phenols is 1. The van der Waals surface area contributed by atoms with Gasteiger partial charge in [0.05, 0.1) is 6.61 Å². The second kappa shape index (κ2) is 11.3. The summed E-state index contributed by atoms with van der Waals surface area (Å²) in [5.74, 6) is 0.781. The molecule has 0 atom stereocenters. The molecule has 1 aromatic rings. The summed E-state index contributed by atoms with van der Waals surface area (Å²) in [5.41, 5.74) is 0.666. The average molecular weight is 380 g/mol. The predicted molar refractivity (Wildman–Crippen MR) is 104 cm³/mol. The lowest BCUT2D eigenvalue weighted by molar-refractivity contribution is 0.126. The molecule has 0 fully saturated rings. The summed E-state index contributed by atoms with van der Waals surface area (Å²) in [6, 6.07) is 4.75. The molecular formula is C20H32N2O5. The molecule has 0 aromatic heterocycles. The third kappa shape index (κ3) is 7.00. The standard InChI is InChI=1S/C20H32N2O5/c1-5-12-21(19(24)22(20(25)26)14-10-15(3)4)13-11-16-8-7-9-17(18(16)23)27-6-2/h7-9,15,23H,5-6,10-14H2,1-4H3,(H,25,26). The Balaban J connectivity index is 2.87. The molecule has 7 heteroatoms. The smallest absolute Gasteiger partial charge is 0.415 e. The fraction of sp³-hybridized carbons (Fsp3) is 0.600. The van der Waals surface area contributed by atoms with Gasteiger partial charge < -0.3 is 19.8 Å². The van der Waals surface area contributed by atoms with Crippen LogP contribution in [-0.4, -0.2) is 58.4 Å². The van der Waals surface area contributed by atoms with Crippen LogP contribution in [0.2, 0.25) is 0 Å². The molecule has 0 spiro atoms. The van der Waals surface area contributed by atoms with Crippen LogP contribution in [0.15, 0.2) is 18.2 Å². The van der Waals surface area contributed by atoms with E-state index in [1.165, 1.54) is 4.90 Å². The van der Waals surface area contributed by atoms with Crippen LogP contribution < -0.4 is 4.74 Å². The Morgan fingerprint density at radius 1 is 1.15 bits per heavy atom. The van der Waals surface area contributed by atoms with Gasteiger partial charge in [-0.05, 0) is 43.7 Å². The van der Waals surface area contributed by atoms with Crippen LogP contribution in [0.3, 0.4) is 0 Å². The van der Waals surface area contributed by atoms with Crippen LogP contribution in [0.5, 0.6) is 11.5 Å². The SMILES string of the molecule is CCCN(CCc1cccc(OCC)c1O)C(=O)N(CCC(C)C)C(=O)O. The molecule has 0 radical (unpaired) electrons. The van der Waals surface area contributed by atoms with Crippen LogP contribution in [0.1, 0.15) is 46.1 Å². The van der Waals surface area contributed by atoms with Gasteiger partial charge in [0.15, 0.2) is 11.5 Å². The number of rotatable bonds is 10. The van der Waals surface area contributed by atoms with E-state index in [0.717, 1.165) is 4.90 Å². The quantitative estimate of drug-likeness (QED) is 0.635. The topological polar surface area (TPSA) is 90.3 Å². The normalized spacial score (nSPS) is 10.7. The van der Waals surface area contributed by atoms with Gasteiger partial charge in [0.25, 0.3) is 0 Å². The predicted octanol–water partition coefficient (Wildman–Crippen LogP) is 4.19. The van der Waals surface area contributed by atoms with Crippen molar-refractivity contribution in [2.45, 2.75) is 47.0 Å². The van der Waals surface area contributed by atoms with Crippen molar-refractivity contribution in [1.82, 2.24) is 9.80 Å². The Kier molecular flexibility index (Phi) is 9.47. The van der Waals surface area contributed by atoms with Crippen LogP contribution in [0, 0.1) is 5.92 Å². The molecule has 0 saturated carbocycles. The molecule has 2 N–H and O–H groups in total. The second-order valence-corrected chi connectivity index (χ2v) is 6.83. The van der Waals surface area contributed by atoms with Crippen LogP contribution in [-0.2, 0) is 6.42 Å². The first-order valence-corrected chi connectivity index (χ1v) is 9.54. The lowest BCUT2D eigenvalue weighted by atomic mass is 10.1. The van der Waals surface area contributed by atoms with Gasteiger partial charge in [-0.3, -0.25) is 0 Å². The van der Waals surface area contributed by atoms with Gasteiger partial charge >= 0.3 is 12.1 Å². The first-order chi connectivity index (χ1) is 12.8. The summed E-state index contributed by atoms with van der Waals surface area (Å²) < 4.78 is 5.39. The van der Waals surface area contributed by atoms with E-state index in [1.807, 2.05) is 27.7 Å². The van der Waals surface area contributed by atoms with Crippen molar-refractivity contribution < 1.29 is 24.5 Å². The van der Waals surface area contributed by atoms with Crippen LogP contribution in [0.4, 0.5) is 9.59 Å². The van der Waals surface area contributed by atoms with Crippen molar-refractivity contribution in [2.24, 2.45) is 5.92 Å². The highest BCUT2D eigenvalue weighted by Gasteiger charge is 2.26. The Morgan fingerprint density at radius 3 is 2.41 bits per heavy atom. The molecule has 1 aromatic carbocycles. The highest BCUT2D eigenvalue weighted by Crippen LogP contribution is 2.30. The minimum Gasteiger partial charge on any atom is -0.504 e. The molecule has 0 unspecified atom stereocenters. The molecule has 0 heterocycles. The lowest BCUT2D eigenvalue weighted by Gasteiger charge is -2.28. The van der Waals surface area contributed by atoms with Gasteiger partial charge in [-0.2, -0.15) is 0 Å². The zero-order valence-electron chi connectivity index (χ0n) is 16.8. The fourth-order valence-electron chi connectivity index (χ4n) is 2.70. The number of imide groups is 1. The Labute approximate surface area is 161 Å². The van der Waals surface area contributed by atoms with Gasteiger partial charge in [-0.15, -0.1) is 0 Å². The van der Waals surface area contributed by atoms with Crippen LogP contribution in [0.25, 0.3) is 0 Å². The van der Waals surface area contributed by atoms with E-state index in [9.17, 15) is 19.8 Å². The summed E-state index contributed by atoms with van der Waals surface area (Å²) in [6.45, 7) is 9.15. The van der Waals surface area contributed by atoms with Gasteiger partial charge in [-0.1, -0.05) is 32.9 Å². The van der Waals surface area contributed by atoms with Crippen molar-refractivity contribution >= 4 is 12.1 Å². The molecular weight excluding hydrogens is 348 g/mol. The zero-order chi connectivity index (χ0) is 20.4. The second-order valence-electron chi connectivity index (χ2n) is 6.83. The Bertz CT molecular complexity index is 618. The van der Waals surface area contributed by atoms with E-state index >= 15 is 0 Å². The van der Waals surface area contributed by atoms with Crippen molar-refractivity contribution in [3.05, 3.63) is 23.8 Å². The summed E-state index contributed by atoms with van der Waals surface area (Å²) >= 11 is 0. The largest absolute Gasteiger partial charge is 0.504 e. The van der Waals surface area contributed by atoms with E-state index in [-0.39, 0.29) is 12.3 Å². The number of hydrogen-bond donors (Lipinski definition) is 2. The molecule has 152 valence electrons. The highest BCUT2D eigenvalue weighted by molar-refractivity contribution is 5.90. The van der Waals surface area contributed by atoms with E-state index in [1.54, 1.807) is 18.2 Å². The Morgan fingerprint density at radius 2 is 1.85 bits per heavy atom. The molecule has 0 aliphatic carbocycles. The summed E-state index contributed by atoms with van der Waals surface area (Å²) in [6.07, 6.45) is 0.516. The molecule has 0 saturated heterocycles.